The topological polar surface area (TPSA) is 63.7 Å². The van der Waals surface area contributed by atoms with Gasteiger partial charge in [0, 0.05) is 0 Å². The van der Waals surface area contributed by atoms with Crippen LogP contribution in [-0.4, -0.2) is 31.0 Å². The number of ether oxygens (including phenoxy) is 1. The number of amides is 1. The number of carbonyl (C=O) groups is 1. The zero-order valence-electron chi connectivity index (χ0n) is 14.6. The Hall–Kier alpha value is -1.82. The van der Waals surface area contributed by atoms with Crippen molar-refractivity contribution >= 4 is 16.1 Å². The first-order valence-electron chi connectivity index (χ1n) is 7.39. The molecule has 1 aromatic carbocycles. The maximum atomic E-state index is 12.8. The van der Waals surface area contributed by atoms with Gasteiger partial charge in [0.1, 0.15) is 5.60 Å². The molecule has 0 aromatic heterocycles. The van der Waals surface area contributed by atoms with E-state index in [0.717, 1.165) is 15.4 Å². The molecule has 0 N–H and O–H groups in total. The van der Waals surface area contributed by atoms with Crippen LogP contribution in [0.5, 0.6) is 0 Å². The molecule has 0 heterocycles. The van der Waals surface area contributed by atoms with Crippen LogP contribution in [0.25, 0.3) is 0 Å². The van der Waals surface area contributed by atoms with E-state index >= 15 is 0 Å². The highest BCUT2D eigenvalue weighted by atomic mass is 32.2. The predicted octanol–water partition coefficient (Wildman–Crippen LogP) is 3.89. The molecule has 0 aliphatic carbocycles. The van der Waals surface area contributed by atoms with Gasteiger partial charge >= 0.3 is 6.09 Å². The number of sulfonamides is 1. The highest BCUT2D eigenvalue weighted by Gasteiger charge is 2.32. The first kappa shape index (κ1) is 19.2. The number of hydrogen-bond acceptors (Lipinski definition) is 4. The molecule has 0 bridgehead atoms. The summed E-state index contributed by atoms with van der Waals surface area (Å²) in [7, 11) is -3.97. The summed E-state index contributed by atoms with van der Waals surface area (Å²) in [5, 5.41) is 0. The molecule has 6 heteroatoms. The van der Waals surface area contributed by atoms with E-state index in [1.54, 1.807) is 39.0 Å². The van der Waals surface area contributed by atoms with Crippen LogP contribution < -0.4 is 0 Å². The van der Waals surface area contributed by atoms with E-state index in [1.807, 2.05) is 20.8 Å². The summed E-state index contributed by atoms with van der Waals surface area (Å²) in [4.78, 5) is 12.4. The molecule has 0 saturated carbocycles. The summed E-state index contributed by atoms with van der Waals surface area (Å²) in [6.07, 6.45) is 0.797. The summed E-state index contributed by atoms with van der Waals surface area (Å²) < 4.78 is 31.6. The monoisotopic (exact) mass is 339 g/mol. The fourth-order valence-corrected chi connectivity index (χ4v) is 2.93. The summed E-state index contributed by atoms with van der Waals surface area (Å²) in [6.45, 7) is 10.6. The number of nitrogens with zero attached hydrogens (tertiary/aromatic N) is 1. The quantitative estimate of drug-likeness (QED) is 0.781. The van der Waals surface area contributed by atoms with Gasteiger partial charge in [-0.1, -0.05) is 29.3 Å². The minimum atomic E-state index is -3.97. The van der Waals surface area contributed by atoms with Crippen molar-refractivity contribution in [3.8, 4) is 0 Å². The van der Waals surface area contributed by atoms with Crippen molar-refractivity contribution in [1.82, 2.24) is 4.31 Å². The third kappa shape index (κ3) is 5.71. The minimum absolute atomic E-state index is 0.0620. The number of benzene rings is 1. The molecule has 128 valence electrons. The normalized spacial score (nSPS) is 11.7. The number of aryl methyl sites for hydroxylation is 1. The molecular formula is C17H25NO4S. The van der Waals surface area contributed by atoms with E-state index in [-0.39, 0.29) is 11.4 Å². The second-order valence-corrected chi connectivity index (χ2v) is 8.47. The zero-order chi connectivity index (χ0) is 17.8. The number of carbonyl (C=O) groups excluding carboxylic acids is 1. The summed E-state index contributed by atoms with van der Waals surface area (Å²) in [5.41, 5.74) is 1.08. The Balaban J connectivity index is 3.24. The molecule has 23 heavy (non-hydrogen) atoms. The van der Waals surface area contributed by atoms with Crippen molar-refractivity contribution in [2.75, 3.05) is 6.54 Å². The Morgan fingerprint density at radius 3 is 2.13 bits per heavy atom. The Kier molecular flexibility index (Phi) is 5.99. The fraction of sp³-hybridized carbons (Fsp3) is 0.471. The Bertz CT molecular complexity index is 678. The molecule has 0 atom stereocenters. The van der Waals surface area contributed by atoms with Crippen LogP contribution in [0, 0.1) is 6.92 Å². The van der Waals surface area contributed by atoms with Gasteiger partial charge in [0.2, 0.25) is 0 Å². The van der Waals surface area contributed by atoms with Gasteiger partial charge in [-0.3, -0.25) is 0 Å². The minimum Gasteiger partial charge on any atom is -0.443 e. The number of hydrogen-bond donors (Lipinski definition) is 0. The molecule has 1 rings (SSSR count). The smallest absolute Gasteiger partial charge is 0.424 e. The lowest BCUT2D eigenvalue weighted by Crippen LogP contribution is -2.41. The van der Waals surface area contributed by atoms with Crippen molar-refractivity contribution in [1.29, 1.82) is 0 Å². The standard InChI is InChI=1S/C17H25NO4S/c1-13(2)11-12-18(16(19)22-17(4,5)6)23(20,21)15-9-7-14(3)8-10-15/h7-11H,12H2,1-6H3. The third-order valence-corrected chi connectivity index (χ3v) is 4.62. The molecule has 0 spiro atoms. The fourth-order valence-electron chi connectivity index (χ4n) is 1.69. The van der Waals surface area contributed by atoms with Gasteiger partial charge in [0.25, 0.3) is 10.0 Å². The third-order valence-electron chi connectivity index (χ3n) is 2.87. The molecular weight excluding hydrogens is 314 g/mol. The summed E-state index contributed by atoms with van der Waals surface area (Å²) in [6, 6.07) is 6.37. The van der Waals surface area contributed by atoms with Crippen LogP contribution >= 0.6 is 0 Å². The number of rotatable bonds is 4. The van der Waals surface area contributed by atoms with Gasteiger partial charge in [0.05, 0.1) is 11.4 Å². The molecule has 0 radical (unpaired) electrons. The average molecular weight is 339 g/mol. The van der Waals surface area contributed by atoms with Gasteiger partial charge in [-0.2, -0.15) is 4.31 Å². The van der Waals surface area contributed by atoms with Crippen molar-refractivity contribution in [3.63, 3.8) is 0 Å². The molecule has 0 unspecified atom stereocenters. The lowest BCUT2D eigenvalue weighted by atomic mass is 10.2. The lowest BCUT2D eigenvalue weighted by molar-refractivity contribution is 0.0404. The maximum Gasteiger partial charge on any atom is 0.424 e. The highest BCUT2D eigenvalue weighted by Crippen LogP contribution is 2.20. The first-order valence-corrected chi connectivity index (χ1v) is 8.83. The zero-order valence-corrected chi connectivity index (χ0v) is 15.4. The van der Waals surface area contributed by atoms with Crippen molar-refractivity contribution in [2.45, 2.75) is 52.0 Å². The average Bonchev–Trinajstić information content (AvgIpc) is 2.36. The van der Waals surface area contributed by atoms with Crippen LogP contribution in [-0.2, 0) is 14.8 Å². The lowest BCUT2D eigenvalue weighted by Gasteiger charge is -2.26. The van der Waals surface area contributed by atoms with Gasteiger partial charge in [-0.25, -0.2) is 13.2 Å². The second kappa shape index (κ2) is 7.17. The van der Waals surface area contributed by atoms with Crippen molar-refractivity contribution < 1.29 is 17.9 Å². The van der Waals surface area contributed by atoms with E-state index in [2.05, 4.69) is 0 Å². The first-order chi connectivity index (χ1) is 10.4. The Morgan fingerprint density at radius 2 is 1.70 bits per heavy atom. The van der Waals surface area contributed by atoms with Crippen LogP contribution in [0.2, 0.25) is 0 Å². The molecule has 0 saturated heterocycles. The van der Waals surface area contributed by atoms with Gasteiger partial charge in [0.15, 0.2) is 0 Å². The van der Waals surface area contributed by atoms with E-state index in [4.69, 9.17) is 4.74 Å². The Morgan fingerprint density at radius 1 is 1.17 bits per heavy atom. The van der Waals surface area contributed by atoms with E-state index in [9.17, 15) is 13.2 Å². The van der Waals surface area contributed by atoms with Crippen LogP contribution in [0.1, 0.15) is 40.2 Å². The van der Waals surface area contributed by atoms with Crippen LogP contribution in [0.3, 0.4) is 0 Å². The van der Waals surface area contributed by atoms with Crippen LogP contribution in [0.15, 0.2) is 40.8 Å². The predicted molar refractivity (Wildman–Crippen MR) is 90.7 cm³/mol. The van der Waals surface area contributed by atoms with E-state index < -0.39 is 21.7 Å². The van der Waals surface area contributed by atoms with Crippen molar-refractivity contribution in [2.24, 2.45) is 0 Å². The maximum absolute atomic E-state index is 12.8. The largest absolute Gasteiger partial charge is 0.443 e. The van der Waals surface area contributed by atoms with Gasteiger partial charge in [-0.15, -0.1) is 0 Å². The second-order valence-electron chi connectivity index (χ2n) is 6.61. The summed E-state index contributed by atoms with van der Waals surface area (Å²) >= 11 is 0. The molecule has 0 fully saturated rings. The molecule has 5 nitrogen and oxygen atoms in total. The highest BCUT2D eigenvalue weighted by molar-refractivity contribution is 7.89. The molecule has 0 aliphatic rings. The van der Waals surface area contributed by atoms with Gasteiger partial charge in [-0.05, 0) is 53.7 Å². The van der Waals surface area contributed by atoms with Crippen LogP contribution in [0.4, 0.5) is 4.79 Å². The number of allylic oxidation sites excluding steroid dienone is 1. The Labute approximate surface area is 139 Å². The van der Waals surface area contributed by atoms with E-state index in [0.29, 0.717) is 0 Å². The molecule has 1 aromatic rings. The molecule has 1 amide bonds. The SMILES string of the molecule is CC(C)=CCN(C(=O)OC(C)(C)C)S(=O)(=O)c1ccc(C)cc1. The molecule has 0 aliphatic heterocycles. The van der Waals surface area contributed by atoms with Crippen molar-refractivity contribution in [3.05, 3.63) is 41.5 Å². The summed E-state index contributed by atoms with van der Waals surface area (Å²) in [5.74, 6) is 0. The van der Waals surface area contributed by atoms with Gasteiger partial charge < -0.3 is 4.74 Å². The van der Waals surface area contributed by atoms with E-state index in [1.165, 1.54) is 12.1 Å².